The van der Waals surface area contributed by atoms with Gasteiger partial charge in [0.2, 0.25) is 5.91 Å². The van der Waals surface area contributed by atoms with Crippen molar-refractivity contribution >= 4 is 28.5 Å². The minimum Gasteiger partial charge on any atom is -0.382 e. The highest BCUT2D eigenvalue weighted by Crippen LogP contribution is 2.17. The number of methoxy groups -OCH3 is 1. The van der Waals surface area contributed by atoms with E-state index < -0.39 is 0 Å². The third-order valence-corrected chi connectivity index (χ3v) is 3.91. The molecule has 0 radical (unpaired) electrons. The smallest absolute Gasteiger partial charge is 0.242 e. The van der Waals surface area contributed by atoms with Crippen LogP contribution in [-0.4, -0.2) is 34.6 Å². The monoisotopic (exact) mass is 344 g/mol. The van der Waals surface area contributed by atoms with Crippen molar-refractivity contribution in [2.24, 2.45) is 0 Å². The number of amides is 1. The number of nitrogens with zero attached hydrogens (tertiary/aromatic N) is 3. The summed E-state index contributed by atoms with van der Waals surface area (Å²) in [5, 5.41) is 11.7. The van der Waals surface area contributed by atoms with Crippen molar-refractivity contribution in [3.05, 3.63) is 59.1 Å². The van der Waals surface area contributed by atoms with Gasteiger partial charge < -0.3 is 10.1 Å². The summed E-state index contributed by atoms with van der Waals surface area (Å²) in [6.45, 7) is 0.458. The lowest BCUT2D eigenvalue weighted by molar-refractivity contribution is -0.123. The summed E-state index contributed by atoms with van der Waals surface area (Å²) < 4.78 is 6.79. The van der Waals surface area contributed by atoms with E-state index >= 15 is 0 Å². The molecule has 0 bridgehead atoms. The summed E-state index contributed by atoms with van der Waals surface area (Å²) in [5.74, 6) is -0.164. The van der Waals surface area contributed by atoms with Crippen LogP contribution in [0.1, 0.15) is 11.6 Å². The van der Waals surface area contributed by atoms with E-state index in [2.05, 4.69) is 15.6 Å². The Bertz CT molecular complexity index is 832. The molecule has 0 aliphatic heterocycles. The van der Waals surface area contributed by atoms with Gasteiger partial charge in [-0.25, -0.2) is 4.68 Å². The van der Waals surface area contributed by atoms with Gasteiger partial charge in [0.15, 0.2) is 0 Å². The second-order valence-corrected chi connectivity index (χ2v) is 5.80. The summed E-state index contributed by atoms with van der Waals surface area (Å²) >= 11 is 5.91. The minimum atomic E-state index is -0.255. The lowest BCUT2D eigenvalue weighted by Gasteiger charge is -2.18. The minimum absolute atomic E-state index is 0.0916. The molecule has 0 unspecified atom stereocenters. The number of hydrogen-bond donors (Lipinski definition) is 1. The number of nitrogens with one attached hydrogen (secondary N) is 1. The fraction of sp³-hybridized carbons (Fsp3) is 0.235. The first-order chi connectivity index (χ1) is 11.7. The molecule has 0 saturated carbocycles. The Hall–Kier alpha value is -2.44. The van der Waals surface area contributed by atoms with Gasteiger partial charge in [-0.3, -0.25) is 4.79 Å². The van der Waals surface area contributed by atoms with Crippen molar-refractivity contribution in [1.29, 1.82) is 0 Å². The molecule has 6 nitrogen and oxygen atoms in total. The predicted octanol–water partition coefficient (Wildman–Crippen LogP) is 2.59. The molecule has 3 rings (SSSR count). The second kappa shape index (κ2) is 7.42. The molecule has 24 heavy (non-hydrogen) atoms. The van der Waals surface area contributed by atoms with Crippen LogP contribution >= 0.6 is 11.6 Å². The maximum atomic E-state index is 12.4. The summed E-state index contributed by atoms with van der Waals surface area (Å²) in [4.78, 5) is 12.4. The molecular weight excluding hydrogens is 328 g/mol. The molecule has 1 aromatic heterocycles. The molecule has 0 aliphatic rings. The fourth-order valence-electron chi connectivity index (χ4n) is 2.49. The average Bonchev–Trinajstić information content (AvgIpc) is 2.98. The van der Waals surface area contributed by atoms with Crippen LogP contribution in [0.15, 0.2) is 48.5 Å². The van der Waals surface area contributed by atoms with Crippen LogP contribution in [0.5, 0.6) is 0 Å². The number of fused-ring (bicyclic) bond motifs is 1. The van der Waals surface area contributed by atoms with Crippen LogP contribution in [0.2, 0.25) is 5.02 Å². The molecule has 1 amide bonds. The molecule has 1 atom stereocenters. The summed E-state index contributed by atoms with van der Waals surface area (Å²) in [6.07, 6.45) is 0. The quantitative estimate of drug-likeness (QED) is 0.746. The standard InChI is InChI=1S/C17H17ClN4O2/c1-24-11-15(12-6-8-13(18)9-7-12)19-17(23)10-22-16-5-3-2-4-14(16)20-21-22/h2-9,15H,10-11H2,1H3,(H,19,23)/t15-/m1/s1. The summed E-state index contributed by atoms with van der Waals surface area (Å²) in [7, 11) is 1.60. The Kier molecular flexibility index (Phi) is 5.08. The number of carbonyl (C=O) groups is 1. The van der Waals surface area contributed by atoms with Crippen LogP contribution < -0.4 is 5.32 Å². The van der Waals surface area contributed by atoms with E-state index in [1.54, 1.807) is 23.9 Å². The maximum Gasteiger partial charge on any atom is 0.242 e. The van der Waals surface area contributed by atoms with Crippen molar-refractivity contribution < 1.29 is 9.53 Å². The normalized spacial score (nSPS) is 12.2. The van der Waals surface area contributed by atoms with E-state index in [1.165, 1.54) is 0 Å². The van der Waals surface area contributed by atoms with Gasteiger partial charge in [-0.15, -0.1) is 5.10 Å². The third kappa shape index (κ3) is 3.72. The fourth-order valence-corrected chi connectivity index (χ4v) is 2.62. The van der Waals surface area contributed by atoms with Crippen molar-refractivity contribution in [3.63, 3.8) is 0 Å². The zero-order valence-electron chi connectivity index (χ0n) is 13.1. The molecule has 0 saturated heterocycles. The van der Waals surface area contributed by atoms with Crippen LogP contribution in [-0.2, 0) is 16.1 Å². The Balaban J connectivity index is 1.72. The molecule has 0 spiro atoms. The molecule has 3 aromatic rings. The number of halogens is 1. The molecule has 1 N–H and O–H groups in total. The van der Waals surface area contributed by atoms with Gasteiger partial charge >= 0.3 is 0 Å². The van der Waals surface area contributed by atoms with Gasteiger partial charge in [0.1, 0.15) is 12.1 Å². The van der Waals surface area contributed by atoms with Crippen molar-refractivity contribution in [2.45, 2.75) is 12.6 Å². The number of ether oxygens (including phenoxy) is 1. The summed E-state index contributed by atoms with van der Waals surface area (Å²) in [5.41, 5.74) is 2.51. The van der Waals surface area contributed by atoms with E-state index in [-0.39, 0.29) is 18.5 Å². The molecule has 1 heterocycles. The van der Waals surface area contributed by atoms with Gasteiger partial charge in [0.25, 0.3) is 0 Å². The van der Waals surface area contributed by atoms with Crippen LogP contribution in [0.4, 0.5) is 0 Å². The van der Waals surface area contributed by atoms with Crippen LogP contribution in [0.3, 0.4) is 0 Å². The number of aromatic nitrogens is 3. The van der Waals surface area contributed by atoms with E-state index in [9.17, 15) is 4.79 Å². The molecule has 7 heteroatoms. The van der Waals surface area contributed by atoms with E-state index in [0.717, 1.165) is 16.6 Å². The molecule has 0 fully saturated rings. The highest BCUT2D eigenvalue weighted by atomic mass is 35.5. The first kappa shape index (κ1) is 16.4. The Labute approximate surface area is 144 Å². The van der Waals surface area contributed by atoms with Gasteiger partial charge in [0.05, 0.1) is 18.2 Å². The van der Waals surface area contributed by atoms with Gasteiger partial charge in [-0.2, -0.15) is 0 Å². The number of rotatable bonds is 6. The molecule has 124 valence electrons. The number of hydrogen-bond acceptors (Lipinski definition) is 4. The largest absolute Gasteiger partial charge is 0.382 e. The molecule has 0 aliphatic carbocycles. The SMILES string of the molecule is COC[C@@H](NC(=O)Cn1nnc2ccccc21)c1ccc(Cl)cc1. The molecule has 2 aromatic carbocycles. The first-order valence-electron chi connectivity index (χ1n) is 7.49. The highest BCUT2D eigenvalue weighted by molar-refractivity contribution is 6.30. The lowest BCUT2D eigenvalue weighted by atomic mass is 10.1. The predicted molar refractivity (Wildman–Crippen MR) is 91.7 cm³/mol. The average molecular weight is 345 g/mol. The van der Waals surface area contributed by atoms with Gasteiger partial charge in [-0.1, -0.05) is 41.1 Å². The van der Waals surface area contributed by atoms with Crippen LogP contribution in [0, 0.1) is 0 Å². The number of para-hydroxylation sites is 1. The zero-order chi connectivity index (χ0) is 16.9. The summed E-state index contributed by atoms with van der Waals surface area (Å²) in [6, 6.07) is 14.6. The number of benzene rings is 2. The Morgan fingerprint density at radius 1 is 1.25 bits per heavy atom. The van der Waals surface area contributed by atoms with Crippen molar-refractivity contribution in [2.75, 3.05) is 13.7 Å². The topological polar surface area (TPSA) is 69.0 Å². The van der Waals surface area contributed by atoms with E-state index in [0.29, 0.717) is 11.6 Å². The highest BCUT2D eigenvalue weighted by Gasteiger charge is 2.16. The van der Waals surface area contributed by atoms with Crippen molar-refractivity contribution in [1.82, 2.24) is 20.3 Å². The lowest BCUT2D eigenvalue weighted by Crippen LogP contribution is -2.34. The van der Waals surface area contributed by atoms with Crippen LogP contribution in [0.25, 0.3) is 11.0 Å². The maximum absolute atomic E-state index is 12.4. The van der Waals surface area contributed by atoms with Gasteiger partial charge in [-0.05, 0) is 29.8 Å². The zero-order valence-corrected chi connectivity index (χ0v) is 13.9. The third-order valence-electron chi connectivity index (χ3n) is 3.65. The van der Waals surface area contributed by atoms with E-state index in [1.807, 2.05) is 36.4 Å². The molecular formula is C17H17ClN4O2. The van der Waals surface area contributed by atoms with Gasteiger partial charge in [0, 0.05) is 12.1 Å². The second-order valence-electron chi connectivity index (χ2n) is 5.36. The number of carbonyl (C=O) groups excluding carboxylic acids is 1. The Morgan fingerprint density at radius 2 is 2.00 bits per heavy atom. The van der Waals surface area contributed by atoms with Crippen molar-refractivity contribution in [3.8, 4) is 0 Å². The Morgan fingerprint density at radius 3 is 2.75 bits per heavy atom. The van der Waals surface area contributed by atoms with E-state index in [4.69, 9.17) is 16.3 Å². The first-order valence-corrected chi connectivity index (χ1v) is 7.87.